The van der Waals surface area contributed by atoms with E-state index in [1.165, 1.54) is 12.1 Å². The van der Waals surface area contributed by atoms with Crippen molar-refractivity contribution in [1.29, 1.82) is 0 Å². The highest BCUT2D eigenvalue weighted by molar-refractivity contribution is 7.89. The lowest BCUT2D eigenvalue weighted by Crippen LogP contribution is -2.57. The number of fused-ring (bicyclic) bond motifs is 1. The number of carbonyl (C=O) groups excluding carboxylic acids is 1. The lowest BCUT2D eigenvalue weighted by atomic mass is 10.2. The van der Waals surface area contributed by atoms with Crippen molar-refractivity contribution in [1.82, 2.24) is 14.9 Å². The Morgan fingerprint density at radius 2 is 2.04 bits per heavy atom. The highest BCUT2D eigenvalue weighted by Crippen LogP contribution is 2.31. The molecule has 1 amide bonds. The number of nitrogens with one attached hydrogen (secondary N) is 2. The normalized spacial score (nSPS) is 21.8. The number of rotatable bonds is 4. The zero-order chi connectivity index (χ0) is 18.7. The van der Waals surface area contributed by atoms with Crippen LogP contribution in [0.1, 0.15) is 20.3 Å². The molecule has 0 bridgehead atoms. The second-order valence-corrected chi connectivity index (χ2v) is 8.30. The van der Waals surface area contributed by atoms with Gasteiger partial charge in [-0.05, 0) is 26.0 Å². The molecular weight excluding hydrogens is 358 g/mol. The van der Waals surface area contributed by atoms with Crippen LogP contribution in [0.5, 0.6) is 11.5 Å². The van der Waals surface area contributed by atoms with E-state index in [0.29, 0.717) is 44.3 Å². The summed E-state index contributed by atoms with van der Waals surface area (Å²) in [6, 6.07) is 3.66. The second-order valence-electron chi connectivity index (χ2n) is 6.59. The summed E-state index contributed by atoms with van der Waals surface area (Å²) < 4.78 is 38.9. The fourth-order valence-electron chi connectivity index (χ4n) is 3.08. The van der Waals surface area contributed by atoms with Crippen LogP contribution in [-0.2, 0) is 14.8 Å². The summed E-state index contributed by atoms with van der Waals surface area (Å²) in [5.41, 5.74) is 0. The van der Waals surface area contributed by atoms with Crippen molar-refractivity contribution in [3.63, 3.8) is 0 Å². The van der Waals surface area contributed by atoms with Crippen molar-refractivity contribution in [2.75, 3.05) is 32.8 Å². The minimum Gasteiger partial charge on any atom is -0.490 e. The SMILES string of the molecule is CC(NS(=O)(=O)c1ccc2c(c1)OCCCO2)C(=O)N1CCNC[C@@H]1C. The van der Waals surface area contributed by atoms with E-state index in [1.807, 2.05) is 6.92 Å². The molecule has 0 aromatic heterocycles. The molecule has 0 radical (unpaired) electrons. The van der Waals surface area contributed by atoms with Crippen LogP contribution in [0.4, 0.5) is 0 Å². The summed E-state index contributed by atoms with van der Waals surface area (Å²) in [6.45, 7) is 6.49. The fraction of sp³-hybridized carbons (Fsp3) is 0.588. The van der Waals surface area contributed by atoms with Crippen LogP contribution in [0.2, 0.25) is 0 Å². The number of carbonyl (C=O) groups is 1. The molecule has 2 aliphatic heterocycles. The first-order valence-corrected chi connectivity index (χ1v) is 10.3. The first-order valence-electron chi connectivity index (χ1n) is 8.81. The van der Waals surface area contributed by atoms with Crippen LogP contribution in [0.25, 0.3) is 0 Å². The van der Waals surface area contributed by atoms with Gasteiger partial charge in [0, 0.05) is 38.2 Å². The van der Waals surface area contributed by atoms with E-state index in [2.05, 4.69) is 10.0 Å². The maximum Gasteiger partial charge on any atom is 0.241 e. The molecule has 2 heterocycles. The number of sulfonamides is 1. The summed E-state index contributed by atoms with van der Waals surface area (Å²) in [5, 5.41) is 3.21. The van der Waals surface area contributed by atoms with Crippen LogP contribution in [0.15, 0.2) is 23.1 Å². The van der Waals surface area contributed by atoms with Gasteiger partial charge in [0.05, 0.1) is 24.2 Å². The van der Waals surface area contributed by atoms with E-state index >= 15 is 0 Å². The first-order chi connectivity index (χ1) is 12.4. The van der Waals surface area contributed by atoms with Gasteiger partial charge in [-0.2, -0.15) is 4.72 Å². The lowest BCUT2D eigenvalue weighted by molar-refractivity contribution is -0.135. The summed E-state index contributed by atoms with van der Waals surface area (Å²) in [6.07, 6.45) is 0.740. The summed E-state index contributed by atoms with van der Waals surface area (Å²) in [7, 11) is -3.85. The average molecular weight is 383 g/mol. The maximum absolute atomic E-state index is 12.7. The van der Waals surface area contributed by atoms with Crippen molar-refractivity contribution in [3.05, 3.63) is 18.2 Å². The second kappa shape index (κ2) is 7.81. The Kier molecular flexibility index (Phi) is 5.69. The Labute approximate surface area is 153 Å². The van der Waals surface area contributed by atoms with Gasteiger partial charge in [0.1, 0.15) is 0 Å². The molecule has 26 heavy (non-hydrogen) atoms. The van der Waals surface area contributed by atoms with Gasteiger partial charge in [0.2, 0.25) is 15.9 Å². The average Bonchev–Trinajstić information content (AvgIpc) is 2.86. The molecule has 1 fully saturated rings. The van der Waals surface area contributed by atoms with E-state index < -0.39 is 16.1 Å². The Hall–Kier alpha value is -1.84. The standard InChI is InChI=1S/C17H25N3O5S/c1-12-11-18-6-7-20(12)17(21)13(2)19-26(22,23)14-4-5-15-16(10-14)25-9-3-8-24-15/h4-5,10,12-13,18-19H,3,6-9,11H2,1-2H3/t12-,13?/m0/s1. The quantitative estimate of drug-likeness (QED) is 0.778. The van der Waals surface area contributed by atoms with Gasteiger partial charge in [-0.1, -0.05) is 0 Å². The molecule has 3 rings (SSSR count). The van der Waals surface area contributed by atoms with Gasteiger partial charge in [0.15, 0.2) is 11.5 Å². The number of hydrogen-bond donors (Lipinski definition) is 2. The van der Waals surface area contributed by atoms with Crippen molar-refractivity contribution < 1.29 is 22.7 Å². The molecule has 2 atom stereocenters. The van der Waals surface area contributed by atoms with Gasteiger partial charge in [-0.15, -0.1) is 0 Å². The number of benzene rings is 1. The highest BCUT2D eigenvalue weighted by atomic mass is 32.2. The Bertz CT molecular complexity index is 768. The summed E-state index contributed by atoms with van der Waals surface area (Å²) in [5.74, 6) is 0.706. The Morgan fingerprint density at radius 1 is 1.31 bits per heavy atom. The molecular formula is C17H25N3O5S. The molecule has 0 spiro atoms. The zero-order valence-electron chi connectivity index (χ0n) is 15.0. The molecule has 0 saturated carbocycles. The third-order valence-electron chi connectivity index (χ3n) is 4.52. The van der Waals surface area contributed by atoms with Crippen LogP contribution in [0.3, 0.4) is 0 Å². The molecule has 0 aliphatic carbocycles. The van der Waals surface area contributed by atoms with E-state index in [4.69, 9.17) is 9.47 Å². The number of nitrogens with zero attached hydrogens (tertiary/aromatic N) is 1. The number of hydrogen-bond acceptors (Lipinski definition) is 6. The van der Waals surface area contributed by atoms with Crippen LogP contribution < -0.4 is 19.5 Å². The monoisotopic (exact) mass is 383 g/mol. The molecule has 1 saturated heterocycles. The molecule has 9 heteroatoms. The van der Waals surface area contributed by atoms with E-state index in [-0.39, 0.29) is 16.8 Å². The predicted molar refractivity (Wildman–Crippen MR) is 95.9 cm³/mol. The van der Waals surface area contributed by atoms with Crippen molar-refractivity contribution >= 4 is 15.9 Å². The number of ether oxygens (including phenoxy) is 2. The highest BCUT2D eigenvalue weighted by Gasteiger charge is 2.30. The van der Waals surface area contributed by atoms with Gasteiger partial charge >= 0.3 is 0 Å². The third-order valence-corrected chi connectivity index (χ3v) is 6.05. The molecule has 1 unspecified atom stereocenters. The summed E-state index contributed by atoms with van der Waals surface area (Å²) in [4.78, 5) is 14.4. The van der Waals surface area contributed by atoms with Gasteiger partial charge in [-0.3, -0.25) is 4.79 Å². The smallest absolute Gasteiger partial charge is 0.241 e. The van der Waals surface area contributed by atoms with Crippen LogP contribution >= 0.6 is 0 Å². The van der Waals surface area contributed by atoms with Crippen molar-refractivity contribution in [2.24, 2.45) is 0 Å². The van der Waals surface area contributed by atoms with Crippen molar-refractivity contribution in [3.8, 4) is 11.5 Å². The minimum atomic E-state index is -3.85. The van der Waals surface area contributed by atoms with Crippen LogP contribution in [-0.4, -0.2) is 64.2 Å². The molecule has 1 aromatic rings. The maximum atomic E-state index is 12.7. The van der Waals surface area contributed by atoms with E-state index in [9.17, 15) is 13.2 Å². The molecule has 2 N–H and O–H groups in total. The largest absolute Gasteiger partial charge is 0.490 e. The summed E-state index contributed by atoms with van der Waals surface area (Å²) >= 11 is 0. The Balaban J connectivity index is 1.74. The fourth-order valence-corrected chi connectivity index (χ4v) is 4.29. The third kappa shape index (κ3) is 4.11. The van der Waals surface area contributed by atoms with E-state index in [0.717, 1.165) is 6.42 Å². The van der Waals surface area contributed by atoms with E-state index in [1.54, 1.807) is 17.9 Å². The number of amides is 1. The molecule has 2 aliphatic rings. The lowest BCUT2D eigenvalue weighted by Gasteiger charge is -2.35. The predicted octanol–water partition coefficient (Wildman–Crippen LogP) is 0.335. The molecule has 144 valence electrons. The number of piperazine rings is 1. The topological polar surface area (TPSA) is 97.0 Å². The van der Waals surface area contributed by atoms with Crippen molar-refractivity contribution in [2.45, 2.75) is 37.2 Å². The first kappa shape index (κ1) is 18.9. The van der Waals surface area contributed by atoms with Crippen LogP contribution in [0, 0.1) is 0 Å². The molecule has 8 nitrogen and oxygen atoms in total. The van der Waals surface area contributed by atoms with Gasteiger partial charge in [-0.25, -0.2) is 8.42 Å². The zero-order valence-corrected chi connectivity index (χ0v) is 15.8. The Morgan fingerprint density at radius 3 is 2.77 bits per heavy atom. The van der Waals surface area contributed by atoms with Gasteiger partial charge in [0.25, 0.3) is 0 Å². The molecule has 1 aromatic carbocycles. The minimum absolute atomic E-state index is 0.0289. The van der Waals surface area contributed by atoms with Gasteiger partial charge < -0.3 is 19.7 Å².